The van der Waals surface area contributed by atoms with E-state index in [0.29, 0.717) is 12.8 Å². The topological polar surface area (TPSA) is 172 Å². The molecule has 0 radical (unpaired) electrons. The second-order valence-electron chi connectivity index (χ2n) is 14.1. The van der Waals surface area contributed by atoms with Crippen molar-refractivity contribution >= 4 is 25.7 Å². The molecule has 11 nitrogen and oxygen atoms in total. The molecule has 0 heterocycles. The van der Waals surface area contributed by atoms with E-state index in [9.17, 15) is 23.8 Å². The van der Waals surface area contributed by atoms with Gasteiger partial charge in [-0.3, -0.25) is 23.4 Å². The van der Waals surface area contributed by atoms with Crippen molar-refractivity contribution in [2.24, 2.45) is 5.73 Å². The lowest BCUT2D eigenvalue weighted by Gasteiger charge is -2.20. The molecule has 0 saturated carbocycles. The van der Waals surface area contributed by atoms with E-state index in [1.807, 2.05) is 0 Å². The minimum atomic E-state index is -4.71. The van der Waals surface area contributed by atoms with Crippen LogP contribution >= 0.6 is 7.82 Å². The van der Waals surface area contributed by atoms with Gasteiger partial charge in [-0.1, -0.05) is 154 Å². The summed E-state index contributed by atoms with van der Waals surface area (Å²) in [7, 11) is -4.71. The molecule has 1 unspecified atom stereocenters. The summed E-state index contributed by atoms with van der Waals surface area (Å²) in [5.41, 5.74) is 5.32. The first-order valence-electron chi connectivity index (χ1n) is 20.9. The van der Waals surface area contributed by atoms with Crippen molar-refractivity contribution < 1.29 is 47.5 Å². The Bertz CT molecular complexity index is 1010. The number of carbonyl (C=O) groups is 3. The summed E-state index contributed by atoms with van der Waals surface area (Å²) < 4.78 is 32.6. The maximum absolute atomic E-state index is 12.6. The minimum absolute atomic E-state index is 0.159. The Kier molecular flexibility index (Phi) is 35.5. The van der Waals surface area contributed by atoms with E-state index in [2.05, 4.69) is 42.7 Å². The average Bonchev–Trinajstić information content (AvgIpc) is 3.13. The number of carboxylic acids is 1. The molecule has 53 heavy (non-hydrogen) atoms. The molecule has 4 N–H and O–H groups in total. The number of phosphoric acid groups is 1. The third-order valence-electron chi connectivity index (χ3n) is 8.95. The van der Waals surface area contributed by atoms with Crippen LogP contribution in [0.4, 0.5) is 0 Å². The number of hydrogen-bond acceptors (Lipinski definition) is 9. The Hall–Kier alpha value is -2.04. The van der Waals surface area contributed by atoms with E-state index in [1.165, 1.54) is 96.3 Å². The van der Waals surface area contributed by atoms with E-state index < -0.39 is 51.1 Å². The van der Waals surface area contributed by atoms with Gasteiger partial charge in [0.1, 0.15) is 12.6 Å². The van der Waals surface area contributed by atoms with E-state index in [4.69, 9.17) is 24.8 Å². The number of rotatable bonds is 39. The van der Waals surface area contributed by atoms with Gasteiger partial charge in [-0.15, -0.1) is 0 Å². The first kappa shape index (κ1) is 51.0. The highest BCUT2D eigenvalue weighted by Crippen LogP contribution is 2.43. The van der Waals surface area contributed by atoms with Crippen molar-refractivity contribution in [3.8, 4) is 0 Å². The van der Waals surface area contributed by atoms with Gasteiger partial charge in [0, 0.05) is 12.8 Å². The Morgan fingerprint density at radius 3 is 1.51 bits per heavy atom. The average molecular weight is 774 g/mol. The van der Waals surface area contributed by atoms with Crippen LogP contribution in [0.25, 0.3) is 0 Å². The molecule has 0 amide bonds. The van der Waals surface area contributed by atoms with E-state index in [0.717, 1.165) is 51.4 Å². The predicted octanol–water partition coefficient (Wildman–Crippen LogP) is 10.7. The Balaban J connectivity index is 4.33. The second kappa shape index (κ2) is 36.9. The van der Waals surface area contributed by atoms with Gasteiger partial charge in [-0.25, -0.2) is 4.57 Å². The summed E-state index contributed by atoms with van der Waals surface area (Å²) in [5, 5.41) is 8.87. The SMILES string of the molecule is CCCCC/C=C\C/C=C\CCCCCCCCCCCC(=O)O[C@H](COC(=O)CCCCCCCCCCCC)COP(=O)(O)OC[C@H](N)C(=O)O. The van der Waals surface area contributed by atoms with Crippen molar-refractivity contribution in [1.29, 1.82) is 0 Å². The second-order valence-corrected chi connectivity index (χ2v) is 15.6. The number of allylic oxidation sites excluding steroid dienone is 4. The molecule has 0 aromatic rings. The fraction of sp³-hybridized carbons (Fsp3) is 0.829. The Morgan fingerprint density at radius 1 is 0.585 bits per heavy atom. The van der Waals surface area contributed by atoms with Crippen molar-refractivity contribution in [3.63, 3.8) is 0 Å². The summed E-state index contributed by atoms with van der Waals surface area (Å²) in [5.74, 6) is -2.38. The van der Waals surface area contributed by atoms with Crippen molar-refractivity contribution in [2.75, 3.05) is 19.8 Å². The summed E-state index contributed by atoms with van der Waals surface area (Å²) in [6.45, 7) is 2.76. The third-order valence-corrected chi connectivity index (χ3v) is 9.90. The summed E-state index contributed by atoms with van der Waals surface area (Å²) in [6, 6.07) is -1.52. The molecule has 12 heteroatoms. The molecule has 0 bridgehead atoms. The van der Waals surface area contributed by atoms with Gasteiger partial charge in [-0.2, -0.15) is 0 Å². The van der Waals surface area contributed by atoms with E-state index in [-0.39, 0.29) is 19.4 Å². The molecule has 0 spiro atoms. The van der Waals surface area contributed by atoms with E-state index in [1.54, 1.807) is 0 Å². The number of esters is 2. The molecule has 3 atom stereocenters. The lowest BCUT2D eigenvalue weighted by Crippen LogP contribution is -2.34. The predicted molar refractivity (Wildman–Crippen MR) is 212 cm³/mol. The highest BCUT2D eigenvalue weighted by atomic mass is 31.2. The molecule has 0 aromatic heterocycles. The number of carboxylic acid groups (broad SMARTS) is 1. The minimum Gasteiger partial charge on any atom is -0.480 e. The van der Waals surface area contributed by atoms with Crippen LogP contribution in [0.2, 0.25) is 0 Å². The molecular weight excluding hydrogens is 697 g/mol. The summed E-state index contributed by atoms with van der Waals surface area (Å²) in [4.78, 5) is 45.8. The fourth-order valence-electron chi connectivity index (χ4n) is 5.62. The number of phosphoric ester groups is 1. The van der Waals surface area contributed by atoms with Crippen molar-refractivity contribution in [1.82, 2.24) is 0 Å². The number of unbranched alkanes of at least 4 members (excludes halogenated alkanes) is 21. The normalized spacial score (nSPS) is 14.0. The zero-order valence-electron chi connectivity index (χ0n) is 33.4. The molecule has 0 saturated heterocycles. The lowest BCUT2D eigenvalue weighted by atomic mass is 10.1. The van der Waals surface area contributed by atoms with E-state index >= 15 is 0 Å². The van der Waals surface area contributed by atoms with Gasteiger partial charge in [-0.05, 0) is 44.9 Å². The van der Waals surface area contributed by atoms with Gasteiger partial charge in [0.2, 0.25) is 0 Å². The Morgan fingerprint density at radius 2 is 1.00 bits per heavy atom. The van der Waals surface area contributed by atoms with Crippen LogP contribution in [0, 0.1) is 0 Å². The standard InChI is InChI=1S/C41H76NO10P/c1-3-5-7-9-11-13-15-16-17-18-19-20-21-22-23-25-27-29-31-33-40(44)52-37(35-50-53(47,48)51-36-38(42)41(45)46)34-49-39(43)32-30-28-26-24-14-12-10-8-6-4-2/h11,13,16-17,37-38H,3-10,12,14-15,18-36,42H2,1-2H3,(H,45,46)(H,47,48)/b13-11-,17-16-/t37-,38+/m1/s1. The summed E-state index contributed by atoms with van der Waals surface area (Å²) >= 11 is 0. The molecular formula is C41H76NO10P. The van der Waals surface area contributed by atoms with Crippen LogP contribution in [-0.2, 0) is 37.5 Å². The quantitative estimate of drug-likeness (QED) is 0.0235. The highest BCUT2D eigenvalue weighted by Gasteiger charge is 2.28. The van der Waals surface area contributed by atoms with Crippen LogP contribution in [0.15, 0.2) is 24.3 Å². The van der Waals surface area contributed by atoms with Crippen LogP contribution in [0.1, 0.15) is 187 Å². The molecule has 0 aliphatic heterocycles. The number of aliphatic carboxylic acids is 1. The van der Waals surface area contributed by atoms with Gasteiger partial charge < -0.3 is 25.2 Å². The van der Waals surface area contributed by atoms with Gasteiger partial charge in [0.15, 0.2) is 6.10 Å². The number of ether oxygens (including phenoxy) is 2. The van der Waals surface area contributed by atoms with Gasteiger partial charge >= 0.3 is 25.7 Å². The van der Waals surface area contributed by atoms with Gasteiger partial charge in [0.25, 0.3) is 0 Å². The molecule has 0 aliphatic rings. The lowest BCUT2D eigenvalue weighted by molar-refractivity contribution is -0.161. The molecule has 0 rings (SSSR count). The number of nitrogens with two attached hydrogens (primary N) is 1. The smallest absolute Gasteiger partial charge is 0.472 e. The number of carbonyl (C=O) groups excluding carboxylic acids is 2. The van der Waals surface area contributed by atoms with Crippen LogP contribution < -0.4 is 5.73 Å². The highest BCUT2D eigenvalue weighted by molar-refractivity contribution is 7.47. The Labute approximate surface area is 321 Å². The maximum atomic E-state index is 12.6. The van der Waals surface area contributed by atoms with Crippen LogP contribution in [0.5, 0.6) is 0 Å². The first-order valence-corrected chi connectivity index (χ1v) is 22.4. The van der Waals surface area contributed by atoms with Crippen molar-refractivity contribution in [2.45, 2.75) is 199 Å². The molecule has 310 valence electrons. The molecule has 0 aromatic carbocycles. The third kappa shape index (κ3) is 36.7. The first-order chi connectivity index (χ1) is 25.6. The largest absolute Gasteiger partial charge is 0.480 e. The zero-order valence-corrected chi connectivity index (χ0v) is 34.3. The molecule has 0 aliphatic carbocycles. The number of hydrogen-bond donors (Lipinski definition) is 3. The zero-order chi connectivity index (χ0) is 39.3. The summed E-state index contributed by atoms with van der Waals surface area (Å²) in [6.07, 6.45) is 36.7. The van der Waals surface area contributed by atoms with Crippen LogP contribution in [-0.4, -0.2) is 59.9 Å². The maximum Gasteiger partial charge on any atom is 0.472 e. The molecule has 0 fully saturated rings. The van der Waals surface area contributed by atoms with Crippen LogP contribution in [0.3, 0.4) is 0 Å². The fourth-order valence-corrected chi connectivity index (χ4v) is 6.40. The monoisotopic (exact) mass is 774 g/mol. The van der Waals surface area contributed by atoms with Crippen molar-refractivity contribution in [3.05, 3.63) is 24.3 Å². The van der Waals surface area contributed by atoms with Gasteiger partial charge in [0.05, 0.1) is 13.2 Å².